The third-order valence-electron chi connectivity index (χ3n) is 8.44. The highest BCUT2D eigenvalue weighted by molar-refractivity contribution is 5.22. The zero-order valence-corrected chi connectivity index (χ0v) is 17.5. The summed E-state index contributed by atoms with van der Waals surface area (Å²) in [6, 6.07) is 4.52. The maximum Gasteiger partial charge on any atom is 0.159 e. The van der Waals surface area contributed by atoms with E-state index in [0.717, 1.165) is 42.1 Å². The van der Waals surface area contributed by atoms with Gasteiger partial charge in [-0.05, 0) is 85.8 Å². The van der Waals surface area contributed by atoms with Crippen molar-refractivity contribution in [2.75, 3.05) is 0 Å². The second-order valence-corrected chi connectivity index (χ2v) is 10.1. The summed E-state index contributed by atoms with van der Waals surface area (Å²) in [6.45, 7) is 0. The van der Waals surface area contributed by atoms with Crippen LogP contribution in [0.2, 0.25) is 0 Å². The monoisotopic (exact) mass is 388 g/mol. The lowest BCUT2D eigenvalue weighted by atomic mass is 9.68. The molecule has 1 aromatic carbocycles. The fourth-order valence-corrected chi connectivity index (χ4v) is 6.63. The molecular weight excluding hydrogens is 350 g/mol. The first-order valence-electron chi connectivity index (χ1n) is 12.1. The van der Waals surface area contributed by atoms with E-state index in [4.69, 9.17) is 0 Å². The van der Waals surface area contributed by atoms with E-state index < -0.39 is 11.6 Å². The molecule has 3 aliphatic rings. The lowest BCUT2D eigenvalue weighted by Gasteiger charge is -2.38. The Balaban J connectivity index is 1.16. The smallest absolute Gasteiger partial charge is 0.159 e. The van der Waals surface area contributed by atoms with Crippen LogP contribution in [0.4, 0.5) is 8.78 Å². The molecular formula is C26H38F2. The van der Waals surface area contributed by atoms with Crippen LogP contribution in [0.5, 0.6) is 0 Å². The van der Waals surface area contributed by atoms with Crippen molar-refractivity contribution in [3.8, 4) is 0 Å². The molecule has 0 nitrogen and oxygen atoms in total. The molecule has 0 radical (unpaired) electrons. The quantitative estimate of drug-likeness (QED) is 0.459. The van der Waals surface area contributed by atoms with E-state index in [0.29, 0.717) is 5.92 Å². The van der Waals surface area contributed by atoms with Gasteiger partial charge in [-0.2, -0.15) is 0 Å². The minimum atomic E-state index is -0.725. The molecule has 3 fully saturated rings. The summed E-state index contributed by atoms with van der Waals surface area (Å²) < 4.78 is 26.7. The predicted molar refractivity (Wildman–Crippen MR) is 112 cm³/mol. The molecule has 156 valence electrons. The van der Waals surface area contributed by atoms with E-state index in [9.17, 15) is 8.78 Å². The average molecular weight is 389 g/mol. The fraction of sp³-hybridized carbons (Fsp3) is 0.769. The van der Waals surface area contributed by atoms with E-state index in [1.54, 1.807) is 6.07 Å². The highest BCUT2D eigenvalue weighted by atomic mass is 19.2. The molecule has 2 heteroatoms. The Morgan fingerprint density at radius 3 is 1.82 bits per heavy atom. The SMILES string of the molecule is Fc1ccc([C@H]2CC[C@H]([C@H]3CC[C@H](CCCC4CCCC4)CC3)CC2)cc1F. The van der Waals surface area contributed by atoms with E-state index in [2.05, 4.69) is 0 Å². The van der Waals surface area contributed by atoms with Crippen molar-refractivity contribution in [3.05, 3.63) is 35.4 Å². The summed E-state index contributed by atoms with van der Waals surface area (Å²) in [7, 11) is 0. The van der Waals surface area contributed by atoms with Crippen LogP contribution in [0.25, 0.3) is 0 Å². The summed E-state index contributed by atoms with van der Waals surface area (Å²) in [5, 5.41) is 0. The largest absolute Gasteiger partial charge is 0.204 e. The Hall–Kier alpha value is -0.920. The Morgan fingerprint density at radius 1 is 0.643 bits per heavy atom. The van der Waals surface area contributed by atoms with Gasteiger partial charge in [0.05, 0.1) is 0 Å². The summed E-state index contributed by atoms with van der Waals surface area (Å²) in [5.41, 5.74) is 1.00. The third-order valence-corrected chi connectivity index (χ3v) is 8.44. The molecule has 0 bridgehead atoms. The van der Waals surface area contributed by atoms with Crippen molar-refractivity contribution in [3.63, 3.8) is 0 Å². The first-order valence-corrected chi connectivity index (χ1v) is 12.1. The molecule has 0 N–H and O–H groups in total. The van der Waals surface area contributed by atoms with Gasteiger partial charge in [-0.3, -0.25) is 0 Å². The van der Waals surface area contributed by atoms with Crippen molar-refractivity contribution in [2.24, 2.45) is 23.7 Å². The summed E-state index contributed by atoms with van der Waals surface area (Å²) in [4.78, 5) is 0. The highest BCUT2D eigenvalue weighted by Crippen LogP contribution is 2.44. The van der Waals surface area contributed by atoms with Gasteiger partial charge in [-0.1, -0.05) is 63.9 Å². The third kappa shape index (κ3) is 5.16. The minimum Gasteiger partial charge on any atom is -0.204 e. The Morgan fingerprint density at radius 2 is 1.21 bits per heavy atom. The molecule has 0 heterocycles. The minimum absolute atomic E-state index is 0.429. The van der Waals surface area contributed by atoms with Crippen LogP contribution in [0.1, 0.15) is 108 Å². The van der Waals surface area contributed by atoms with Gasteiger partial charge in [-0.15, -0.1) is 0 Å². The fourth-order valence-electron chi connectivity index (χ4n) is 6.63. The normalized spacial score (nSPS) is 31.9. The first-order chi connectivity index (χ1) is 13.7. The van der Waals surface area contributed by atoms with Crippen LogP contribution in [-0.4, -0.2) is 0 Å². The molecule has 3 aliphatic carbocycles. The van der Waals surface area contributed by atoms with Crippen LogP contribution < -0.4 is 0 Å². The molecule has 1 aromatic rings. The number of hydrogen-bond donors (Lipinski definition) is 0. The molecule has 0 aliphatic heterocycles. The molecule has 0 saturated heterocycles. The molecule has 0 amide bonds. The van der Waals surface area contributed by atoms with Gasteiger partial charge in [0.25, 0.3) is 0 Å². The summed E-state index contributed by atoms with van der Waals surface area (Å²) >= 11 is 0. The standard InChI is InChI=1S/C26H38F2/c27-25-17-16-24(18-26(25)28)23-14-12-22(13-15-23)21-10-8-20(9-11-21)7-3-6-19-4-1-2-5-19/h16-23H,1-15H2/t20-,21-,22-,23-. The predicted octanol–water partition coefficient (Wildman–Crippen LogP) is 8.41. The Bertz CT molecular complexity index is 603. The summed E-state index contributed by atoms with van der Waals surface area (Å²) in [5.74, 6) is 2.87. The van der Waals surface area contributed by atoms with Gasteiger partial charge in [0, 0.05) is 0 Å². The number of halogens is 2. The van der Waals surface area contributed by atoms with Crippen LogP contribution >= 0.6 is 0 Å². The van der Waals surface area contributed by atoms with Gasteiger partial charge in [0.15, 0.2) is 11.6 Å². The van der Waals surface area contributed by atoms with E-state index >= 15 is 0 Å². The number of hydrogen-bond acceptors (Lipinski definition) is 0. The molecule has 0 aromatic heterocycles. The maximum atomic E-state index is 13.5. The second-order valence-electron chi connectivity index (χ2n) is 10.1. The van der Waals surface area contributed by atoms with Crippen LogP contribution in [0.15, 0.2) is 18.2 Å². The Kier molecular flexibility index (Phi) is 7.07. The van der Waals surface area contributed by atoms with Gasteiger partial charge in [0.2, 0.25) is 0 Å². The first kappa shape index (κ1) is 20.4. The molecule has 0 unspecified atom stereocenters. The zero-order valence-electron chi connectivity index (χ0n) is 17.5. The van der Waals surface area contributed by atoms with Gasteiger partial charge in [-0.25, -0.2) is 8.78 Å². The molecule has 4 rings (SSSR count). The molecule has 28 heavy (non-hydrogen) atoms. The van der Waals surface area contributed by atoms with Crippen molar-refractivity contribution in [1.82, 2.24) is 0 Å². The second kappa shape index (κ2) is 9.72. The maximum absolute atomic E-state index is 13.5. The van der Waals surface area contributed by atoms with E-state index in [1.165, 1.54) is 95.6 Å². The zero-order chi connectivity index (χ0) is 19.3. The van der Waals surface area contributed by atoms with Gasteiger partial charge < -0.3 is 0 Å². The highest BCUT2D eigenvalue weighted by Gasteiger charge is 2.31. The number of benzene rings is 1. The van der Waals surface area contributed by atoms with Gasteiger partial charge >= 0.3 is 0 Å². The molecule has 0 atom stereocenters. The topological polar surface area (TPSA) is 0 Å². The van der Waals surface area contributed by atoms with Crippen LogP contribution in [-0.2, 0) is 0 Å². The van der Waals surface area contributed by atoms with Crippen molar-refractivity contribution >= 4 is 0 Å². The molecule has 0 spiro atoms. The van der Waals surface area contributed by atoms with Crippen molar-refractivity contribution in [1.29, 1.82) is 0 Å². The lowest BCUT2D eigenvalue weighted by Crippen LogP contribution is -2.25. The van der Waals surface area contributed by atoms with E-state index in [-0.39, 0.29) is 0 Å². The molecule has 3 saturated carbocycles. The van der Waals surface area contributed by atoms with E-state index in [1.807, 2.05) is 0 Å². The lowest BCUT2D eigenvalue weighted by molar-refractivity contribution is 0.155. The van der Waals surface area contributed by atoms with Gasteiger partial charge in [0.1, 0.15) is 0 Å². The van der Waals surface area contributed by atoms with Crippen LogP contribution in [0.3, 0.4) is 0 Å². The Labute approximate surface area is 170 Å². The summed E-state index contributed by atoms with van der Waals surface area (Å²) in [6.07, 6.45) is 21.1. The van der Waals surface area contributed by atoms with Crippen molar-refractivity contribution < 1.29 is 8.78 Å². The average Bonchev–Trinajstić information content (AvgIpc) is 3.24. The van der Waals surface area contributed by atoms with Crippen LogP contribution in [0, 0.1) is 35.3 Å². The number of rotatable bonds is 6. The van der Waals surface area contributed by atoms with Crippen molar-refractivity contribution in [2.45, 2.75) is 102 Å².